The maximum Gasteiger partial charge on any atom is 0.131 e. The molecule has 0 aliphatic carbocycles. The van der Waals surface area contributed by atoms with E-state index in [0.29, 0.717) is 12.4 Å². The third-order valence-electron chi connectivity index (χ3n) is 2.78. The van der Waals surface area contributed by atoms with Crippen LogP contribution in [0.4, 0.5) is 4.39 Å². The van der Waals surface area contributed by atoms with Crippen molar-refractivity contribution in [2.45, 2.75) is 13.5 Å². The van der Waals surface area contributed by atoms with Gasteiger partial charge < -0.3 is 4.74 Å². The standard InChI is InChI=1S/C16H11FN2OS/c1-11-13(7-16(21-11)6-12(8-18)9-19)10-20-15-4-2-14(17)3-5-15/h2-7H,10H2,1H3. The van der Waals surface area contributed by atoms with Crippen LogP contribution in [0.25, 0.3) is 6.08 Å². The first-order valence-corrected chi connectivity index (χ1v) is 6.93. The van der Waals surface area contributed by atoms with E-state index in [4.69, 9.17) is 15.3 Å². The molecule has 3 nitrogen and oxygen atoms in total. The third-order valence-corrected chi connectivity index (χ3v) is 3.81. The van der Waals surface area contributed by atoms with Gasteiger partial charge in [0.1, 0.15) is 35.9 Å². The van der Waals surface area contributed by atoms with Crippen LogP contribution < -0.4 is 4.74 Å². The molecular weight excluding hydrogens is 287 g/mol. The Morgan fingerprint density at radius 1 is 1.29 bits per heavy atom. The molecule has 0 radical (unpaired) electrons. The lowest BCUT2D eigenvalue weighted by molar-refractivity contribution is 0.305. The molecule has 104 valence electrons. The zero-order valence-electron chi connectivity index (χ0n) is 11.3. The van der Waals surface area contributed by atoms with E-state index in [0.717, 1.165) is 15.3 Å². The Morgan fingerprint density at radius 3 is 2.57 bits per heavy atom. The highest BCUT2D eigenvalue weighted by molar-refractivity contribution is 7.13. The third kappa shape index (κ3) is 3.92. The van der Waals surface area contributed by atoms with Gasteiger partial charge in [-0.3, -0.25) is 0 Å². The van der Waals surface area contributed by atoms with Gasteiger partial charge in [-0.2, -0.15) is 10.5 Å². The van der Waals surface area contributed by atoms with Crippen molar-refractivity contribution in [3.63, 3.8) is 0 Å². The van der Waals surface area contributed by atoms with Crippen LogP contribution in [0.2, 0.25) is 0 Å². The summed E-state index contributed by atoms with van der Waals surface area (Å²) < 4.78 is 18.4. The highest BCUT2D eigenvalue weighted by Gasteiger charge is 2.06. The fourth-order valence-corrected chi connectivity index (χ4v) is 2.66. The second-order valence-electron chi connectivity index (χ2n) is 4.25. The summed E-state index contributed by atoms with van der Waals surface area (Å²) in [5.74, 6) is 0.288. The minimum absolute atomic E-state index is 0.0715. The fourth-order valence-electron chi connectivity index (χ4n) is 1.68. The molecule has 0 bridgehead atoms. The van der Waals surface area contributed by atoms with Crippen LogP contribution in [-0.4, -0.2) is 0 Å². The zero-order chi connectivity index (χ0) is 15.2. The minimum Gasteiger partial charge on any atom is -0.489 e. The topological polar surface area (TPSA) is 56.8 Å². The molecule has 0 spiro atoms. The van der Waals surface area contributed by atoms with E-state index in [2.05, 4.69) is 0 Å². The van der Waals surface area contributed by atoms with Crippen molar-refractivity contribution in [3.05, 3.63) is 57.0 Å². The van der Waals surface area contributed by atoms with Gasteiger partial charge in [0.05, 0.1) is 0 Å². The Kier molecular flexibility index (Phi) is 4.71. The maximum absolute atomic E-state index is 12.8. The first kappa shape index (κ1) is 14.8. The first-order chi connectivity index (χ1) is 10.1. The Labute approximate surface area is 126 Å². The van der Waals surface area contributed by atoms with E-state index in [1.807, 2.05) is 25.1 Å². The molecule has 0 aliphatic heterocycles. The first-order valence-electron chi connectivity index (χ1n) is 6.12. The van der Waals surface area contributed by atoms with E-state index in [9.17, 15) is 4.39 Å². The minimum atomic E-state index is -0.304. The SMILES string of the molecule is Cc1sc(C=C(C#N)C#N)cc1COc1ccc(F)cc1. The Morgan fingerprint density at radius 2 is 1.95 bits per heavy atom. The molecule has 0 atom stereocenters. The number of aryl methyl sites for hydroxylation is 1. The molecule has 0 amide bonds. The highest BCUT2D eigenvalue weighted by Crippen LogP contribution is 2.25. The average Bonchev–Trinajstić information content (AvgIpc) is 2.84. The van der Waals surface area contributed by atoms with E-state index < -0.39 is 0 Å². The lowest BCUT2D eigenvalue weighted by Gasteiger charge is -2.05. The van der Waals surface area contributed by atoms with Gasteiger partial charge in [0.2, 0.25) is 0 Å². The number of hydrogen-bond acceptors (Lipinski definition) is 4. The molecule has 0 saturated heterocycles. The van der Waals surface area contributed by atoms with Crippen LogP contribution in [0.15, 0.2) is 35.9 Å². The van der Waals surface area contributed by atoms with Gasteiger partial charge in [-0.25, -0.2) is 4.39 Å². The summed E-state index contributed by atoms with van der Waals surface area (Å²) in [5.41, 5.74) is 1.05. The molecule has 0 unspecified atom stereocenters. The van der Waals surface area contributed by atoms with Crippen molar-refractivity contribution < 1.29 is 9.13 Å². The molecule has 0 fully saturated rings. The van der Waals surface area contributed by atoms with Gasteiger partial charge in [-0.05, 0) is 43.3 Å². The molecule has 1 heterocycles. The molecule has 1 aromatic carbocycles. The van der Waals surface area contributed by atoms with Crippen molar-refractivity contribution in [1.29, 1.82) is 10.5 Å². The number of nitriles is 2. The van der Waals surface area contributed by atoms with Gasteiger partial charge in [0.25, 0.3) is 0 Å². The lowest BCUT2D eigenvalue weighted by atomic mass is 10.2. The van der Waals surface area contributed by atoms with Crippen LogP contribution in [0, 0.1) is 35.4 Å². The van der Waals surface area contributed by atoms with E-state index in [1.54, 1.807) is 18.2 Å². The number of benzene rings is 1. The number of hydrogen-bond donors (Lipinski definition) is 0. The van der Waals surface area contributed by atoms with Crippen LogP contribution in [-0.2, 0) is 6.61 Å². The second kappa shape index (κ2) is 6.69. The molecule has 2 aromatic rings. The van der Waals surface area contributed by atoms with Gasteiger partial charge >= 0.3 is 0 Å². The summed E-state index contributed by atoms with van der Waals surface area (Å²) in [6.07, 6.45) is 1.55. The van der Waals surface area contributed by atoms with E-state index >= 15 is 0 Å². The van der Waals surface area contributed by atoms with Gasteiger partial charge in [0, 0.05) is 15.3 Å². The fraction of sp³-hybridized carbons (Fsp3) is 0.125. The summed E-state index contributed by atoms with van der Waals surface area (Å²) in [7, 11) is 0. The summed E-state index contributed by atoms with van der Waals surface area (Å²) in [6.45, 7) is 2.31. The monoisotopic (exact) mass is 298 g/mol. The van der Waals surface area contributed by atoms with Crippen molar-refractivity contribution >= 4 is 17.4 Å². The molecule has 0 N–H and O–H groups in total. The maximum atomic E-state index is 12.8. The van der Waals surface area contributed by atoms with Crippen LogP contribution in [0.3, 0.4) is 0 Å². The highest BCUT2D eigenvalue weighted by atomic mass is 32.1. The van der Waals surface area contributed by atoms with Crippen molar-refractivity contribution in [2.24, 2.45) is 0 Å². The largest absolute Gasteiger partial charge is 0.489 e. The predicted octanol–water partition coefficient (Wildman–Crippen LogP) is 4.21. The number of rotatable bonds is 4. The Hall–Kier alpha value is -2.63. The lowest BCUT2D eigenvalue weighted by Crippen LogP contribution is -1.95. The average molecular weight is 298 g/mol. The van der Waals surface area contributed by atoms with Crippen LogP contribution >= 0.6 is 11.3 Å². The molecule has 5 heteroatoms. The number of nitrogens with zero attached hydrogens (tertiary/aromatic N) is 2. The zero-order valence-corrected chi connectivity index (χ0v) is 12.1. The summed E-state index contributed by atoms with van der Waals surface area (Å²) in [4.78, 5) is 1.89. The number of thiophene rings is 1. The van der Waals surface area contributed by atoms with E-state index in [1.165, 1.54) is 23.5 Å². The number of halogens is 1. The van der Waals surface area contributed by atoms with Gasteiger partial charge in [-0.1, -0.05) is 0 Å². The van der Waals surface area contributed by atoms with Crippen molar-refractivity contribution in [1.82, 2.24) is 0 Å². The quantitative estimate of drug-likeness (QED) is 0.795. The molecule has 21 heavy (non-hydrogen) atoms. The molecule has 0 saturated carbocycles. The van der Waals surface area contributed by atoms with Crippen LogP contribution in [0.1, 0.15) is 15.3 Å². The Bertz CT molecular complexity index is 732. The van der Waals surface area contributed by atoms with Crippen LogP contribution in [0.5, 0.6) is 5.75 Å². The Balaban J connectivity index is 2.10. The molecule has 0 aliphatic rings. The predicted molar refractivity (Wildman–Crippen MR) is 79.0 cm³/mol. The van der Waals surface area contributed by atoms with Crippen molar-refractivity contribution in [2.75, 3.05) is 0 Å². The second-order valence-corrected chi connectivity index (χ2v) is 5.54. The van der Waals surface area contributed by atoms with Gasteiger partial charge in [-0.15, -0.1) is 11.3 Å². The molecule has 2 rings (SSSR count). The molecule has 1 aromatic heterocycles. The summed E-state index contributed by atoms with van der Waals surface area (Å²) in [5, 5.41) is 17.5. The van der Waals surface area contributed by atoms with Crippen molar-refractivity contribution in [3.8, 4) is 17.9 Å². The molecular formula is C16H11FN2OS. The smallest absolute Gasteiger partial charge is 0.131 e. The summed E-state index contributed by atoms with van der Waals surface area (Å²) in [6, 6.07) is 11.4. The van der Waals surface area contributed by atoms with Gasteiger partial charge in [0.15, 0.2) is 0 Å². The summed E-state index contributed by atoms with van der Waals surface area (Å²) >= 11 is 1.49. The van der Waals surface area contributed by atoms with E-state index in [-0.39, 0.29) is 11.4 Å². The normalized spacial score (nSPS) is 9.52. The number of allylic oxidation sites excluding steroid dienone is 1. The number of ether oxygens (including phenoxy) is 1.